The van der Waals surface area contributed by atoms with E-state index in [2.05, 4.69) is 14.7 Å². The number of hydrogen-bond acceptors (Lipinski definition) is 5. The SMILES string of the molecule is Cc1nc(Cl)nc(OCC(F)(F)F)c1[N+](=O)[O-]. The molecule has 0 N–H and O–H groups in total. The Bertz CT molecular complexity index is 452. The van der Waals surface area contributed by atoms with Crippen LogP contribution in [0.4, 0.5) is 18.9 Å². The maximum absolute atomic E-state index is 11.9. The fraction of sp³-hybridized carbons (Fsp3) is 0.429. The van der Waals surface area contributed by atoms with Crippen LogP contribution >= 0.6 is 11.6 Å². The van der Waals surface area contributed by atoms with E-state index in [1.165, 1.54) is 6.92 Å². The van der Waals surface area contributed by atoms with Crippen LogP contribution in [0, 0.1) is 17.0 Å². The molecule has 0 amide bonds. The molecule has 0 bridgehead atoms. The average molecular weight is 272 g/mol. The van der Waals surface area contributed by atoms with Gasteiger partial charge in [0.25, 0.3) is 5.88 Å². The van der Waals surface area contributed by atoms with Gasteiger partial charge in [-0.05, 0) is 18.5 Å². The third-order valence-electron chi connectivity index (χ3n) is 1.55. The Morgan fingerprint density at radius 3 is 2.53 bits per heavy atom. The van der Waals surface area contributed by atoms with Gasteiger partial charge in [-0.3, -0.25) is 10.1 Å². The van der Waals surface area contributed by atoms with Gasteiger partial charge in [-0.1, -0.05) is 0 Å². The molecule has 1 heterocycles. The molecule has 0 aliphatic rings. The highest BCUT2D eigenvalue weighted by Gasteiger charge is 2.31. The van der Waals surface area contributed by atoms with Crippen LogP contribution in [0.25, 0.3) is 0 Å². The average Bonchev–Trinajstić information content (AvgIpc) is 2.11. The molecule has 1 aromatic heterocycles. The molecule has 0 atom stereocenters. The molecule has 0 unspecified atom stereocenters. The maximum Gasteiger partial charge on any atom is 0.422 e. The highest BCUT2D eigenvalue weighted by Crippen LogP contribution is 2.29. The first kappa shape index (κ1) is 13.4. The van der Waals surface area contributed by atoms with Crippen molar-refractivity contribution in [2.24, 2.45) is 0 Å². The Labute approximate surface area is 97.5 Å². The molecular formula is C7H5ClF3N3O3. The van der Waals surface area contributed by atoms with Gasteiger partial charge in [0.15, 0.2) is 6.61 Å². The summed E-state index contributed by atoms with van der Waals surface area (Å²) in [5.41, 5.74) is -0.911. The number of halogens is 4. The summed E-state index contributed by atoms with van der Waals surface area (Å²) in [5.74, 6) is -0.801. The van der Waals surface area contributed by atoms with Crippen molar-refractivity contribution in [3.8, 4) is 5.88 Å². The molecule has 94 valence electrons. The van der Waals surface area contributed by atoms with Gasteiger partial charge in [-0.15, -0.1) is 0 Å². The number of nitro groups is 1. The van der Waals surface area contributed by atoms with E-state index in [9.17, 15) is 23.3 Å². The van der Waals surface area contributed by atoms with Crippen LogP contribution in [0.2, 0.25) is 5.28 Å². The molecule has 1 aromatic rings. The van der Waals surface area contributed by atoms with E-state index in [-0.39, 0.29) is 5.69 Å². The second-order valence-electron chi connectivity index (χ2n) is 2.89. The summed E-state index contributed by atoms with van der Waals surface area (Å²) in [4.78, 5) is 16.4. The van der Waals surface area contributed by atoms with Gasteiger partial charge in [0.1, 0.15) is 5.69 Å². The van der Waals surface area contributed by atoms with E-state index in [0.29, 0.717) is 0 Å². The van der Waals surface area contributed by atoms with Crippen LogP contribution < -0.4 is 4.74 Å². The molecule has 0 aromatic carbocycles. The quantitative estimate of drug-likeness (QED) is 0.479. The summed E-state index contributed by atoms with van der Waals surface area (Å²) in [6, 6.07) is 0. The zero-order valence-electron chi connectivity index (χ0n) is 8.29. The molecule has 0 fully saturated rings. The van der Waals surface area contributed by atoms with Crippen molar-refractivity contribution in [3.63, 3.8) is 0 Å². The molecule has 10 heteroatoms. The van der Waals surface area contributed by atoms with Gasteiger partial charge in [-0.25, -0.2) is 4.98 Å². The number of aromatic nitrogens is 2. The summed E-state index contributed by atoms with van der Waals surface area (Å²) in [7, 11) is 0. The topological polar surface area (TPSA) is 78.2 Å². The highest BCUT2D eigenvalue weighted by molar-refractivity contribution is 6.28. The van der Waals surface area contributed by atoms with Crippen LogP contribution in [-0.4, -0.2) is 27.7 Å². The third-order valence-corrected chi connectivity index (χ3v) is 1.72. The summed E-state index contributed by atoms with van der Waals surface area (Å²) in [6.07, 6.45) is -4.63. The van der Waals surface area contributed by atoms with Crippen LogP contribution in [0.5, 0.6) is 5.88 Å². The lowest BCUT2D eigenvalue weighted by Gasteiger charge is -2.09. The summed E-state index contributed by atoms with van der Waals surface area (Å²) in [6.45, 7) is -0.479. The van der Waals surface area contributed by atoms with Crippen LogP contribution in [-0.2, 0) is 0 Å². The fourth-order valence-electron chi connectivity index (χ4n) is 0.969. The molecule has 0 saturated heterocycles. The second-order valence-corrected chi connectivity index (χ2v) is 3.23. The molecule has 0 spiro atoms. The lowest BCUT2D eigenvalue weighted by atomic mass is 10.4. The van der Waals surface area contributed by atoms with Crippen molar-refractivity contribution in [1.82, 2.24) is 9.97 Å². The molecule has 0 saturated carbocycles. The largest absolute Gasteiger partial charge is 0.463 e. The zero-order valence-corrected chi connectivity index (χ0v) is 9.04. The van der Waals surface area contributed by atoms with Crippen LogP contribution in [0.1, 0.15) is 5.69 Å². The van der Waals surface area contributed by atoms with Crippen molar-refractivity contribution in [1.29, 1.82) is 0 Å². The molecule has 1 rings (SSSR count). The van der Waals surface area contributed by atoms with Gasteiger partial charge in [0.05, 0.1) is 4.92 Å². The standard InChI is InChI=1S/C7H5ClF3N3O3/c1-3-4(14(15)16)5(13-6(8)12-3)17-2-7(9,10)11/h2H2,1H3. The number of rotatable bonds is 3. The van der Waals surface area contributed by atoms with Gasteiger partial charge in [0, 0.05) is 0 Å². The van der Waals surface area contributed by atoms with Gasteiger partial charge < -0.3 is 4.74 Å². The number of alkyl halides is 3. The predicted molar refractivity (Wildman–Crippen MR) is 50.0 cm³/mol. The van der Waals surface area contributed by atoms with Crippen molar-refractivity contribution in [3.05, 3.63) is 21.1 Å². The first-order valence-electron chi connectivity index (χ1n) is 4.09. The van der Waals surface area contributed by atoms with Gasteiger partial charge in [0.2, 0.25) is 5.28 Å². The maximum atomic E-state index is 11.9. The molecule has 0 aliphatic carbocycles. The molecule has 0 radical (unpaired) electrons. The van der Waals surface area contributed by atoms with Crippen molar-refractivity contribution >= 4 is 17.3 Å². The molecule has 6 nitrogen and oxygen atoms in total. The Morgan fingerprint density at radius 2 is 2.06 bits per heavy atom. The first-order valence-corrected chi connectivity index (χ1v) is 4.46. The fourth-order valence-corrected chi connectivity index (χ4v) is 1.17. The van der Waals surface area contributed by atoms with E-state index in [1.807, 2.05) is 0 Å². The normalized spacial score (nSPS) is 11.4. The minimum absolute atomic E-state index is 0.174. The zero-order chi connectivity index (χ0) is 13.2. The number of nitrogens with zero attached hydrogens (tertiary/aromatic N) is 3. The Hall–Kier alpha value is -1.64. The summed E-state index contributed by atoms with van der Waals surface area (Å²) >= 11 is 5.37. The summed E-state index contributed by atoms with van der Waals surface area (Å²) < 4.78 is 39.9. The van der Waals surface area contributed by atoms with Crippen molar-refractivity contribution in [2.75, 3.05) is 6.61 Å². The van der Waals surface area contributed by atoms with Crippen LogP contribution in [0.15, 0.2) is 0 Å². The Morgan fingerprint density at radius 1 is 1.47 bits per heavy atom. The third kappa shape index (κ3) is 3.70. The van der Waals surface area contributed by atoms with E-state index >= 15 is 0 Å². The lowest BCUT2D eigenvalue weighted by Crippen LogP contribution is -2.20. The van der Waals surface area contributed by atoms with Crippen LogP contribution in [0.3, 0.4) is 0 Å². The first-order chi connectivity index (χ1) is 7.70. The van der Waals surface area contributed by atoms with E-state index in [1.54, 1.807) is 0 Å². The number of aryl methyl sites for hydroxylation is 1. The van der Waals surface area contributed by atoms with E-state index < -0.39 is 34.6 Å². The minimum atomic E-state index is -4.63. The summed E-state index contributed by atoms with van der Waals surface area (Å²) in [5, 5.41) is 10.2. The smallest absolute Gasteiger partial charge is 0.422 e. The monoisotopic (exact) mass is 271 g/mol. The Balaban J connectivity index is 3.09. The minimum Gasteiger partial charge on any atom is -0.463 e. The van der Waals surface area contributed by atoms with E-state index in [4.69, 9.17) is 11.6 Å². The lowest BCUT2D eigenvalue weighted by molar-refractivity contribution is -0.387. The van der Waals surface area contributed by atoms with Gasteiger partial charge in [-0.2, -0.15) is 18.2 Å². The molecular weight excluding hydrogens is 267 g/mol. The second kappa shape index (κ2) is 4.70. The van der Waals surface area contributed by atoms with E-state index in [0.717, 1.165) is 0 Å². The molecule has 0 aliphatic heterocycles. The van der Waals surface area contributed by atoms with Gasteiger partial charge >= 0.3 is 11.9 Å². The Kier molecular flexibility index (Phi) is 3.71. The number of ether oxygens (including phenoxy) is 1. The highest BCUT2D eigenvalue weighted by atomic mass is 35.5. The molecule has 17 heavy (non-hydrogen) atoms. The van der Waals surface area contributed by atoms with Crippen molar-refractivity contribution in [2.45, 2.75) is 13.1 Å². The van der Waals surface area contributed by atoms with Crippen molar-refractivity contribution < 1.29 is 22.8 Å². The number of hydrogen-bond donors (Lipinski definition) is 0. The predicted octanol–water partition coefficient (Wildman–Crippen LogP) is 2.29.